The topological polar surface area (TPSA) is 32.3 Å². The number of aliphatic hydroxyl groups excluding tert-OH is 1. The normalized spacial score (nSPS) is 20.0. The Morgan fingerprint density at radius 3 is 2.67 bits per heavy atom. The van der Waals surface area contributed by atoms with Crippen molar-refractivity contribution in [3.63, 3.8) is 0 Å². The zero-order chi connectivity index (χ0) is 13.2. The fraction of sp³-hybridized carbons (Fsp3) is 0.571. The maximum absolute atomic E-state index is 13.1. The van der Waals surface area contributed by atoms with Crippen molar-refractivity contribution >= 4 is 11.6 Å². The SMILES string of the molecule is CC(CO)(NC1CCCC1)c1ccc(F)cc1Cl. The van der Waals surface area contributed by atoms with Crippen LogP contribution in [0, 0.1) is 5.82 Å². The van der Waals surface area contributed by atoms with Crippen molar-refractivity contribution in [2.75, 3.05) is 6.61 Å². The Morgan fingerprint density at radius 2 is 2.11 bits per heavy atom. The molecule has 100 valence electrons. The molecule has 2 nitrogen and oxygen atoms in total. The van der Waals surface area contributed by atoms with Gasteiger partial charge in [0.05, 0.1) is 12.1 Å². The molecule has 4 heteroatoms. The molecule has 1 aliphatic carbocycles. The largest absolute Gasteiger partial charge is 0.394 e. The van der Waals surface area contributed by atoms with Crippen LogP contribution in [0.15, 0.2) is 18.2 Å². The van der Waals surface area contributed by atoms with E-state index in [4.69, 9.17) is 11.6 Å². The molecular weight excluding hydrogens is 253 g/mol. The van der Waals surface area contributed by atoms with E-state index < -0.39 is 5.54 Å². The van der Waals surface area contributed by atoms with Crippen LogP contribution in [0.1, 0.15) is 38.2 Å². The van der Waals surface area contributed by atoms with Gasteiger partial charge in [0.25, 0.3) is 0 Å². The molecule has 1 aliphatic rings. The summed E-state index contributed by atoms with van der Waals surface area (Å²) in [5.74, 6) is -0.357. The third kappa shape index (κ3) is 2.85. The van der Waals surface area contributed by atoms with Gasteiger partial charge < -0.3 is 10.4 Å². The van der Waals surface area contributed by atoms with Gasteiger partial charge in [0.2, 0.25) is 0 Å². The Hall–Kier alpha value is -0.640. The van der Waals surface area contributed by atoms with E-state index in [2.05, 4.69) is 5.32 Å². The van der Waals surface area contributed by atoms with E-state index in [1.165, 1.54) is 25.0 Å². The molecule has 1 aromatic carbocycles. The fourth-order valence-electron chi connectivity index (χ4n) is 2.67. The lowest BCUT2D eigenvalue weighted by Crippen LogP contribution is -2.47. The molecule has 0 saturated heterocycles. The number of aliphatic hydroxyl groups is 1. The van der Waals surface area contributed by atoms with E-state index in [1.807, 2.05) is 6.92 Å². The monoisotopic (exact) mass is 271 g/mol. The van der Waals surface area contributed by atoms with Gasteiger partial charge in [0.1, 0.15) is 5.82 Å². The minimum atomic E-state index is -0.611. The van der Waals surface area contributed by atoms with Crippen LogP contribution >= 0.6 is 11.6 Å². The van der Waals surface area contributed by atoms with E-state index in [0.717, 1.165) is 18.4 Å². The van der Waals surface area contributed by atoms with Crippen LogP contribution in [-0.4, -0.2) is 17.8 Å². The molecule has 0 bridgehead atoms. The van der Waals surface area contributed by atoms with Gasteiger partial charge in [0, 0.05) is 11.1 Å². The lowest BCUT2D eigenvalue weighted by Gasteiger charge is -2.33. The van der Waals surface area contributed by atoms with E-state index in [-0.39, 0.29) is 12.4 Å². The molecule has 0 radical (unpaired) electrons. The Balaban J connectivity index is 2.24. The summed E-state index contributed by atoms with van der Waals surface area (Å²) in [4.78, 5) is 0. The van der Waals surface area contributed by atoms with Crippen molar-refractivity contribution < 1.29 is 9.50 Å². The Kier molecular flexibility index (Phi) is 4.25. The summed E-state index contributed by atoms with van der Waals surface area (Å²) >= 11 is 6.09. The second kappa shape index (κ2) is 5.55. The molecule has 2 N–H and O–H groups in total. The van der Waals surface area contributed by atoms with E-state index in [1.54, 1.807) is 6.07 Å². The first-order valence-electron chi connectivity index (χ1n) is 6.39. The van der Waals surface area contributed by atoms with Gasteiger partial charge in [-0.3, -0.25) is 0 Å². The minimum absolute atomic E-state index is 0.0607. The number of hydrogen-bond acceptors (Lipinski definition) is 2. The maximum Gasteiger partial charge on any atom is 0.124 e. The summed E-state index contributed by atoms with van der Waals surface area (Å²) in [6.45, 7) is 1.85. The molecule has 0 aliphatic heterocycles. The van der Waals surface area contributed by atoms with Gasteiger partial charge in [-0.15, -0.1) is 0 Å². The highest BCUT2D eigenvalue weighted by molar-refractivity contribution is 6.31. The molecule has 0 spiro atoms. The summed E-state index contributed by atoms with van der Waals surface area (Å²) in [5, 5.41) is 13.5. The highest BCUT2D eigenvalue weighted by Crippen LogP contribution is 2.31. The molecular formula is C14H19ClFNO. The van der Waals surface area contributed by atoms with Gasteiger partial charge in [-0.05, 0) is 37.5 Å². The van der Waals surface area contributed by atoms with Crippen LogP contribution in [0.2, 0.25) is 5.02 Å². The Bertz CT molecular complexity index is 420. The molecule has 1 fully saturated rings. The van der Waals surface area contributed by atoms with Gasteiger partial charge in [-0.2, -0.15) is 0 Å². The number of rotatable bonds is 4. The number of nitrogens with one attached hydrogen (secondary N) is 1. The Morgan fingerprint density at radius 1 is 1.44 bits per heavy atom. The van der Waals surface area contributed by atoms with Crippen LogP contribution in [0.5, 0.6) is 0 Å². The van der Waals surface area contributed by atoms with E-state index in [0.29, 0.717) is 11.1 Å². The van der Waals surface area contributed by atoms with Crippen LogP contribution in [-0.2, 0) is 5.54 Å². The standard InChI is InChI=1S/C14H19ClFNO/c1-14(9-18,17-11-4-2-3-5-11)12-7-6-10(16)8-13(12)15/h6-8,11,17-18H,2-5,9H2,1H3. The molecule has 0 heterocycles. The average molecular weight is 272 g/mol. The molecule has 1 atom stereocenters. The van der Waals surface area contributed by atoms with Crippen LogP contribution in [0.25, 0.3) is 0 Å². The van der Waals surface area contributed by atoms with Crippen molar-refractivity contribution in [1.82, 2.24) is 5.32 Å². The highest BCUT2D eigenvalue weighted by atomic mass is 35.5. The molecule has 2 rings (SSSR count). The molecule has 0 amide bonds. The lowest BCUT2D eigenvalue weighted by atomic mass is 9.91. The molecule has 1 saturated carbocycles. The predicted molar refractivity (Wildman–Crippen MR) is 71.2 cm³/mol. The van der Waals surface area contributed by atoms with E-state index >= 15 is 0 Å². The third-order valence-corrected chi connectivity index (χ3v) is 4.03. The predicted octanol–water partition coefficient (Wildman–Crippen LogP) is 3.22. The second-order valence-corrected chi connectivity index (χ2v) is 5.65. The van der Waals surface area contributed by atoms with Gasteiger partial charge >= 0.3 is 0 Å². The zero-order valence-electron chi connectivity index (χ0n) is 10.5. The van der Waals surface area contributed by atoms with Crippen LogP contribution in [0.4, 0.5) is 4.39 Å². The lowest BCUT2D eigenvalue weighted by molar-refractivity contribution is 0.161. The molecule has 0 aromatic heterocycles. The van der Waals surface area contributed by atoms with Crippen molar-refractivity contribution in [2.45, 2.75) is 44.2 Å². The first kappa shape index (κ1) is 13.8. The van der Waals surface area contributed by atoms with Crippen LogP contribution in [0.3, 0.4) is 0 Å². The molecule has 1 unspecified atom stereocenters. The first-order chi connectivity index (χ1) is 8.55. The maximum atomic E-state index is 13.1. The van der Waals surface area contributed by atoms with Crippen LogP contribution < -0.4 is 5.32 Å². The van der Waals surface area contributed by atoms with Crippen molar-refractivity contribution in [3.05, 3.63) is 34.6 Å². The summed E-state index contributed by atoms with van der Waals surface area (Å²) in [5.41, 5.74) is 0.139. The summed E-state index contributed by atoms with van der Waals surface area (Å²) in [6.07, 6.45) is 4.68. The number of benzene rings is 1. The smallest absolute Gasteiger partial charge is 0.124 e. The van der Waals surface area contributed by atoms with Gasteiger partial charge in [-0.1, -0.05) is 30.5 Å². The molecule has 18 heavy (non-hydrogen) atoms. The molecule has 1 aromatic rings. The second-order valence-electron chi connectivity index (χ2n) is 5.24. The number of hydrogen-bond donors (Lipinski definition) is 2. The van der Waals surface area contributed by atoms with Gasteiger partial charge in [0.15, 0.2) is 0 Å². The van der Waals surface area contributed by atoms with Crippen molar-refractivity contribution in [2.24, 2.45) is 0 Å². The minimum Gasteiger partial charge on any atom is -0.394 e. The van der Waals surface area contributed by atoms with E-state index in [9.17, 15) is 9.50 Å². The van der Waals surface area contributed by atoms with Gasteiger partial charge in [-0.25, -0.2) is 4.39 Å². The first-order valence-corrected chi connectivity index (χ1v) is 6.77. The quantitative estimate of drug-likeness (QED) is 0.881. The summed E-state index contributed by atoms with van der Waals surface area (Å²) in [6, 6.07) is 4.73. The number of halogens is 2. The highest BCUT2D eigenvalue weighted by Gasteiger charge is 2.31. The summed E-state index contributed by atoms with van der Waals surface area (Å²) in [7, 11) is 0. The zero-order valence-corrected chi connectivity index (χ0v) is 11.3. The van der Waals surface area contributed by atoms with Crippen molar-refractivity contribution in [3.8, 4) is 0 Å². The Labute approximate surface area is 112 Å². The third-order valence-electron chi connectivity index (χ3n) is 3.72. The fourth-order valence-corrected chi connectivity index (χ4v) is 3.04. The summed E-state index contributed by atoms with van der Waals surface area (Å²) < 4.78 is 13.1. The van der Waals surface area contributed by atoms with Crippen molar-refractivity contribution in [1.29, 1.82) is 0 Å². The average Bonchev–Trinajstić information content (AvgIpc) is 2.81.